The molecule has 3 nitrogen and oxygen atoms in total. The largest absolute Gasteiger partial charge is 0.495 e. The first-order chi connectivity index (χ1) is 15.8. The number of anilines is 1. The molecule has 3 aromatic rings. The highest BCUT2D eigenvalue weighted by molar-refractivity contribution is 7.80. The Morgan fingerprint density at radius 1 is 0.750 bits per heavy atom. The predicted octanol–water partition coefficient (Wildman–Crippen LogP) is 4.52. The summed E-state index contributed by atoms with van der Waals surface area (Å²) in [4.78, 5) is 5.35. The van der Waals surface area contributed by atoms with Crippen molar-refractivity contribution in [2.45, 2.75) is 31.7 Å². The van der Waals surface area contributed by atoms with Crippen molar-refractivity contribution < 1.29 is 4.74 Å². The summed E-state index contributed by atoms with van der Waals surface area (Å²) in [5.41, 5.74) is 1.30. The van der Waals surface area contributed by atoms with Crippen LogP contribution in [0.3, 0.4) is 0 Å². The van der Waals surface area contributed by atoms with E-state index in [0.717, 1.165) is 18.8 Å². The van der Waals surface area contributed by atoms with E-state index in [1.807, 2.05) is 7.11 Å². The maximum absolute atomic E-state index is 5.98. The summed E-state index contributed by atoms with van der Waals surface area (Å²) in [6.07, 6.45) is 5.26. The maximum atomic E-state index is 5.98. The second-order valence-corrected chi connectivity index (χ2v) is 11.0. The summed E-state index contributed by atoms with van der Waals surface area (Å²) in [7, 11) is 1.14. The van der Waals surface area contributed by atoms with E-state index in [2.05, 4.69) is 88.7 Å². The lowest BCUT2D eigenvalue weighted by Gasteiger charge is -2.40. The zero-order valence-corrected chi connectivity index (χ0v) is 19.9. The number of methoxy groups -OCH3 is 1. The van der Waals surface area contributed by atoms with E-state index in [1.165, 1.54) is 60.4 Å². The number of nitrogens with zero attached hydrogens (tertiary/aromatic N) is 2. The fraction of sp³-hybridized carbons (Fsp3) is 0.357. The van der Waals surface area contributed by atoms with Gasteiger partial charge in [0.1, 0.15) is 5.75 Å². The van der Waals surface area contributed by atoms with Gasteiger partial charge < -0.3 is 9.64 Å². The third-order valence-electron chi connectivity index (χ3n) is 6.84. The van der Waals surface area contributed by atoms with Gasteiger partial charge in [0.2, 0.25) is 0 Å². The van der Waals surface area contributed by atoms with Crippen molar-refractivity contribution in [2.75, 3.05) is 38.2 Å². The van der Waals surface area contributed by atoms with E-state index in [0.29, 0.717) is 6.04 Å². The molecule has 166 valence electrons. The molecule has 0 aromatic heterocycles. The van der Waals surface area contributed by atoms with Crippen LogP contribution in [0.1, 0.15) is 25.7 Å². The molecular formula is C28H33N2OP. The van der Waals surface area contributed by atoms with Crippen LogP contribution in [0.4, 0.5) is 5.69 Å². The van der Waals surface area contributed by atoms with Crippen LogP contribution in [0.25, 0.3) is 0 Å². The maximum Gasteiger partial charge on any atom is 0.142 e. The number of para-hydroxylation sites is 1. The molecule has 2 aliphatic rings. The van der Waals surface area contributed by atoms with Crippen molar-refractivity contribution in [1.29, 1.82) is 0 Å². The van der Waals surface area contributed by atoms with Gasteiger partial charge >= 0.3 is 0 Å². The van der Waals surface area contributed by atoms with Crippen LogP contribution in [-0.4, -0.2) is 44.2 Å². The minimum atomic E-state index is -0.673. The number of piperidine rings is 1. The molecule has 2 heterocycles. The van der Waals surface area contributed by atoms with Gasteiger partial charge in [0.25, 0.3) is 0 Å². The number of rotatable bonds is 6. The van der Waals surface area contributed by atoms with Crippen LogP contribution < -0.4 is 25.6 Å². The molecule has 2 aliphatic heterocycles. The monoisotopic (exact) mass is 444 g/mol. The molecule has 0 radical (unpaired) electrons. The molecule has 2 fully saturated rings. The van der Waals surface area contributed by atoms with E-state index in [-0.39, 0.29) is 0 Å². The Bertz CT molecular complexity index is 965. The zero-order chi connectivity index (χ0) is 21.8. The molecule has 3 aromatic carbocycles. The van der Waals surface area contributed by atoms with Gasteiger partial charge in [-0.2, -0.15) is 0 Å². The number of ether oxygens (including phenoxy) is 1. The summed E-state index contributed by atoms with van der Waals surface area (Å²) in [5, 5.41) is 4.17. The molecule has 0 bridgehead atoms. The fourth-order valence-corrected chi connectivity index (χ4v) is 7.81. The average molecular weight is 445 g/mol. The highest BCUT2D eigenvalue weighted by Gasteiger charge is 2.31. The van der Waals surface area contributed by atoms with Crippen LogP contribution in [0, 0.1) is 0 Å². The van der Waals surface area contributed by atoms with Gasteiger partial charge in [-0.05, 0) is 63.4 Å². The minimum Gasteiger partial charge on any atom is -0.495 e. The lowest BCUT2D eigenvalue weighted by Crippen LogP contribution is -2.48. The molecule has 0 spiro atoms. The van der Waals surface area contributed by atoms with E-state index in [4.69, 9.17) is 4.74 Å². The lowest BCUT2D eigenvalue weighted by molar-refractivity contribution is 0.215. The van der Waals surface area contributed by atoms with Crippen molar-refractivity contribution in [3.63, 3.8) is 0 Å². The summed E-state index contributed by atoms with van der Waals surface area (Å²) in [6.45, 7) is 4.72. The van der Waals surface area contributed by atoms with E-state index < -0.39 is 7.92 Å². The van der Waals surface area contributed by atoms with E-state index >= 15 is 0 Å². The summed E-state index contributed by atoms with van der Waals surface area (Å²) < 4.78 is 5.98. The van der Waals surface area contributed by atoms with Gasteiger partial charge in [0.05, 0.1) is 12.8 Å². The molecule has 5 rings (SSSR count). The molecule has 0 amide bonds. The standard InChI is InChI=1S/C28H33N2OP/c1-31-26-17-10-18-27(28(26)30-21-11-12-23(22-30)29-19-8-9-20-29)32(24-13-4-2-5-14-24)25-15-6-3-7-16-25/h2-7,10,13-18,23H,8-9,11-12,19-22H2,1H3/t23-/m1/s1. The Morgan fingerprint density at radius 3 is 2.03 bits per heavy atom. The van der Waals surface area contributed by atoms with Crippen LogP contribution in [0.2, 0.25) is 0 Å². The zero-order valence-electron chi connectivity index (χ0n) is 19.0. The fourth-order valence-electron chi connectivity index (χ4n) is 5.32. The number of hydrogen-bond acceptors (Lipinski definition) is 3. The molecule has 4 heteroatoms. The van der Waals surface area contributed by atoms with Crippen molar-refractivity contribution in [3.05, 3.63) is 78.9 Å². The van der Waals surface area contributed by atoms with E-state index in [9.17, 15) is 0 Å². The molecule has 0 saturated carbocycles. The Labute approximate surface area is 193 Å². The topological polar surface area (TPSA) is 15.7 Å². The molecule has 32 heavy (non-hydrogen) atoms. The molecule has 0 N–H and O–H groups in total. The van der Waals surface area contributed by atoms with Crippen molar-refractivity contribution in [2.24, 2.45) is 0 Å². The predicted molar refractivity (Wildman–Crippen MR) is 138 cm³/mol. The first kappa shape index (κ1) is 21.5. The van der Waals surface area contributed by atoms with Crippen molar-refractivity contribution in [3.8, 4) is 5.75 Å². The number of benzene rings is 3. The van der Waals surface area contributed by atoms with Crippen LogP contribution in [0.5, 0.6) is 5.75 Å². The van der Waals surface area contributed by atoms with Gasteiger partial charge in [-0.25, -0.2) is 0 Å². The Hall–Kier alpha value is -2.35. The number of likely N-dealkylation sites (tertiary alicyclic amines) is 1. The Kier molecular flexibility index (Phi) is 6.76. The number of hydrogen-bond donors (Lipinski definition) is 0. The first-order valence-corrected chi connectivity index (χ1v) is 13.3. The smallest absolute Gasteiger partial charge is 0.142 e. The third kappa shape index (κ3) is 4.42. The highest BCUT2D eigenvalue weighted by atomic mass is 31.1. The van der Waals surface area contributed by atoms with Crippen LogP contribution in [-0.2, 0) is 0 Å². The van der Waals surface area contributed by atoms with Crippen LogP contribution in [0.15, 0.2) is 78.9 Å². The average Bonchev–Trinajstić information content (AvgIpc) is 3.41. The van der Waals surface area contributed by atoms with Crippen LogP contribution >= 0.6 is 7.92 Å². The lowest BCUT2D eigenvalue weighted by atomic mass is 10.0. The Balaban J connectivity index is 1.59. The second kappa shape index (κ2) is 10.1. The first-order valence-electron chi connectivity index (χ1n) is 11.9. The quantitative estimate of drug-likeness (QED) is 0.520. The second-order valence-electron chi connectivity index (χ2n) is 8.82. The Morgan fingerprint density at radius 2 is 1.41 bits per heavy atom. The molecule has 0 unspecified atom stereocenters. The third-order valence-corrected chi connectivity index (χ3v) is 9.31. The molecule has 2 saturated heterocycles. The molecule has 1 atom stereocenters. The van der Waals surface area contributed by atoms with Gasteiger partial charge in [-0.15, -0.1) is 0 Å². The highest BCUT2D eigenvalue weighted by Crippen LogP contribution is 2.41. The molecular weight excluding hydrogens is 411 g/mol. The van der Waals surface area contributed by atoms with Gasteiger partial charge in [-0.3, -0.25) is 4.90 Å². The SMILES string of the molecule is COc1cccc(P(c2ccccc2)c2ccccc2)c1N1CCC[C@@H](N2CCCC2)C1. The van der Waals surface area contributed by atoms with Gasteiger partial charge in [-0.1, -0.05) is 72.8 Å². The van der Waals surface area contributed by atoms with Gasteiger partial charge in [0.15, 0.2) is 0 Å². The van der Waals surface area contributed by atoms with Crippen molar-refractivity contribution >= 4 is 29.5 Å². The summed E-state index contributed by atoms with van der Waals surface area (Å²) in [6, 6.07) is 29.3. The van der Waals surface area contributed by atoms with Crippen molar-refractivity contribution in [1.82, 2.24) is 4.90 Å². The normalized spacial score (nSPS) is 19.4. The van der Waals surface area contributed by atoms with Gasteiger partial charge in [0, 0.05) is 24.4 Å². The van der Waals surface area contributed by atoms with E-state index in [1.54, 1.807) is 0 Å². The summed E-state index contributed by atoms with van der Waals surface area (Å²) in [5.74, 6) is 1.00. The molecule has 0 aliphatic carbocycles. The summed E-state index contributed by atoms with van der Waals surface area (Å²) >= 11 is 0. The minimum absolute atomic E-state index is 0.656.